The van der Waals surface area contributed by atoms with Crippen molar-refractivity contribution in [2.75, 3.05) is 44.7 Å². The van der Waals surface area contributed by atoms with E-state index in [9.17, 15) is 27.9 Å². The summed E-state index contributed by atoms with van der Waals surface area (Å²) in [6, 6.07) is 13.5. The molecule has 1 aliphatic rings. The molecule has 44 heavy (non-hydrogen) atoms. The fourth-order valence-corrected chi connectivity index (χ4v) is 4.95. The summed E-state index contributed by atoms with van der Waals surface area (Å²) in [5.74, 6) is -1.07. The van der Waals surface area contributed by atoms with E-state index < -0.39 is 23.8 Å². The lowest BCUT2D eigenvalue weighted by molar-refractivity contribution is -0.137. The molecule has 5 rings (SSSR count). The quantitative estimate of drug-likeness (QED) is 0.167. The fraction of sp³-hybridized carbons (Fsp3) is 0.333. The second kappa shape index (κ2) is 13.7. The van der Waals surface area contributed by atoms with Gasteiger partial charge in [0.25, 0.3) is 0 Å². The number of rotatable bonds is 12. The van der Waals surface area contributed by atoms with E-state index >= 15 is 0 Å². The summed E-state index contributed by atoms with van der Waals surface area (Å²) in [6.45, 7) is 3.29. The molecule has 14 heteroatoms. The minimum absolute atomic E-state index is 0.0130. The lowest BCUT2D eigenvalue weighted by Gasteiger charge is -2.18. The number of halogens is 3. The molecule has 1 atom stereocenters. The summed E-state index contributed by atoms with van der Waals surface area (Å²) >= 11 is 0. The van der Waals surface area contributed by atoms with Crippen molar-refractivity contribution in [2.45, 2.75) is 25.2 Å². The molecule has 0 spiro atoms. The number of aromatic amines is 1. The van der Waals surface area contributed by atoms with Gasteiger partial charge in [-0.3, -0.25) is 4.90 Å². The zero-order chi connectivity index (χ0) is 31.1. The first-order valence-electron chi connectivity index (χ1n) is 14.0. The third kappa shape index (κ3) is 7.82. The maximum atomic E-state index is 13.9. The van der Waals surface area contributed by atoms with Crippen molar-refractivity contribution in [3.05, 3.63) is 77.6 Å². The maximum Gasteiger partial charge on any atom is 0.419 e. The molecule has 232 valence electrons. The number of carbonyl (C=O) groups excluding carboxylic acids is 1. The molecule has 1 fully saturated rings. The van der Waals surface area contributed by atoms with E-state index in [-0.39, 0.29) is 35.4 Å². The number of benzene rings is 2. The minimum Gasteiger partial charge on any atom is -0.478 e. The number of nitrogens with zero attached hydrogens (tertiary/aromatic N) is 3. The molecular weight excluding hydrogens is 581 g/mol. The number of carbonyl (C=O) groups is 2. The van der Waals surface area contributed by atoms with Gasteiger partial charge < -0.3 is 30.2 Å². The van der Waals surface area contributed by atoms with Crippen molar-refractivity contribution >= 4 is 28.9 Å². The van der Waals surface area contributed by atoms with Crippen molar-refractivity contribution in [3.8, 4) is 11.3 Å². The topological polar surface area (TPSA) is 142 Å². The van der Waals surface area contributed by atoms with Crippen molar-refractivity contribution in [2.24, 2.45) is 0 Å². The van der Waals surface area contributed by atoms with Crippen molar-refractivity contribution in [1.82, 2.24) is 25.2 Å². The molecule has 1 saturated heterocycles. The number of nitrogens with one attached hydrogen (secondary N) is 3. The number of alkyl halides is 3. The number of hydrogen-bond donors (Lipinski definition) is 4. The van der Waals surface area contributed by atoms with Gasteiger partial charge in [0.2, 0.25) is 5.95 Å². The maximum absolute atomic E-state index is 13.9. The van der Waals surface area contributed by atoms with Gasteiger partial charge in [-0.1, -0.05) is 36.4 Å². The molecule has 3 heterocycles. The summed E-state index contributed by atoms with van der Waals surface area (Å²) in [4.78, 5) is 36.3. The van der Waals surface area contributed by atoms with E-state index in [2.05, 4.69) is 30.5 Å². The Hall–Kier alpha value is -4.69. The van der Waals surface area contributed by atoms with Crippen LogP contribution in [0.3, 0.4) is 0 Å². The van der Waals surface area contributed by atoms with Crippen LogP contribution in [0.15, 0.2) is 60.9 Å². The SMILES string of the molecule is O=C(NCCOCCN1CC[C@@H](Nc2ncc(C(F)(F)F)c(-c3c[nH]c4cc(C(=O)O)ccc34)n2)C1)OCc1ccccc1. The number of ether oxygens (including phenoxy) is 2. The van der Waals surface area contributed by atoms with Gasteiger partial charge in [-0.05, 0) is 24.1 Å². The Morgan fingerprint density at radius 3 is 2.73 bits per heavy atom. The Labute approximate surface area is 250 Å². The van der Waals surface area contributed by atoms with Gasteiger partial charge in [0.1, 0.15) is 12.2 Å². The van der Waals surface area contributed by atoms with Crippen LogP contribution in [-0.2, 0) is 22.3 Å². The smallest absolute Gasteiger partial charge is 0.419 e. The van der Waals surface area contributed by atoms with Crippen LogP contribution >= 0.6 is 0 Å². The molecule has 0 saturated carbocycles. The van der Waals surface area contributed by atoms with Crippen molar-refractivity contribution in [1.29, 1.82) is 0 Å². The zero-order valence-corrected chi connectivity index (χ0v) is 23.6. The van der Waals surface area contributed by atoms with Gasteiger partial charge in [-0.15, -0.1) is 0 Å². The highest BCUT2D eigenvalue weighted by atomic mass is 19.4. The number of aromatic carboxylic acids is 1. The number of hydrogen-bond acceptors (Lipinski definition) is 8. The van der Waals surface area contributed by atoms with E-state index in [4.69, 9.17) is 9.47 Å². The Bertz CT molecular complexity index is 1600. The molecule has 11 nitrogen and oxygen atoms in total. The highest BCUT2D eigenvalue weighted by molar-refractivity contribution is 5.99. The molecule has 0 radical (unpaired) electrons. The number of carboxylic acids is 1. The average molecular weight is 613 g/mol. The van der Waals surface area contributed by atoms with Gasteiger partial charge >= 0.3 is 18.2 Å². The molecule has 2 aromatic heterocycles. The number of anilines is 1. The van der Waals surface area contributed by atoms with E-state index in [1.807, 2.05) is 30.3 Å². The first-order valence-corrected chi connectivity index (χ1v) is 14.0. The van der Waals surface area contributed by atoms with Crippen LogP contribution in [0.2, 0.25) is 0 Å². The predicted octanol–water partition coefficient (Wildman–Crippen LogP) is 4.77. The monoisotopic (exact) mass is 612 g/mol. The molecule has 1 aliphatic heterocycles. The second-order valence-electron chi connectivity index (χ2n) is 10.3. The van der Waals surface area contributed by atoms with Crippen LogP contribution in [0.4, 0.5) is 23.9 Å². The largest absolute Gasteiger partial charge is 0.478 e. The van der Waals surface area contributed by atoms with Crippen LogP contribution < -0.4 is 10.6 Å². The van der Waals surface area contributed by atoms with Crippen LogP contribution in [0.25, 0.3) is 22.2 Å². The summed E-state index contributed by atoms with van der Waals surface area (Å²) in [7, 11) is 0. The number of alkyl carbamates (subject to hydrolysis) is 1. The molecule has 4 N–H and O–H groups in total. The average Bonchev–Trinajstić information content (AvgIpc) is 3.64. The normalized spacial score (nSPS) is 15.4. The number of aromatic nitrogens is 3. The highest BCUT2D eigenvalue weighted by Gasteiger charge is 2.36. The summed E-state index contributed by atoms with van der Waals surface area (Å²) in [5.41, 5.74) is 0.196. The number of amides is 1. The molecule has 0 bridgehead atoms. The molecule has 4 aromatic rings. The lowest BCUT2D eigenvalue weighted by Crippen LogP contribution is -2.31. The van der Waals surface area contributed by atoms with E-state index in [1.165, 1.54) is 24.4 Å². The number of likely N-dealkylation sites (tertiary alicyclic amines) is 1. The van der Waals surface area contributed by atoms with Crippen LogP contribution in [-0.4, -0.2) is 82.5 Å². The summed E-state index contributed by atoms with van der Waals surface area (Å²) in [6.07, 6.45) is -2.32. The van der Waals surface area contributed by atoms with Gasteiger partial charge in [0.15, 0.2) is 0 Å². The van der Waals surface area contributed by atoms with Gasteiger partial charge in [-0.2, -0.15) is 13.2 Å². The van der Waals surface area contributed by atoms with Gasteiger partial charge in [0, 0.05) is 61.1 Å². The van der Waals surface area contributed by atoms with Crippen LogP contribution in [0, 0.1) is 0 Å². The van der Waals surface area contributed by atoms with E-state index in [0.29, 0.717) is 43.8 Å². The molecule has 0 unspecified atom stereocenters. The van der Waals surface area contributed by atoms with Crippen molar-refractivity contribution in [3.63, 3.8) is 0 Å². The van der Waals surface area contributed by atoms with Gasteiger partial charge in [0.05, 0.1) is 24.5 Å². The molecule has 0 aliphatic carbocycles. The summed E-state index contributed by atoms with van der Waals surface area (Å²) < 4.78 is 52.5. The Kier molecular flexibility index (Phi) is 9.60. The Morgan fingerprint density at radius 2 is 1.95 bits per heavy atom. The minimum atomic E-state index is -4.69. The number of H-pyrrole nitrogens is 1. The summed E-state index contributed by atoms with van der Waals surface area (Å²) in [5, 5.41) is 15.4. The third-order valence-corrected chi connectivity index (χ3v) is 7.16. The predicted molar refractivity (Wildman–Crippen MR) is 155 cm³/mol. The zero-order valence-electron chi connectivity index (χ0n) is 23.6. The second-order valence-corrected chi connectivity index (χ2v) is 10.3. The highest BCUT2D eigenvalue weighted by Crippen LogP contribution is 2.39. The third-order valence-electron chi connectivity index (χ3n) is 7.16. The van der Waals surface area contributed by atoms with Crippen molar-refractivity contribution < 1.29 is 37.3 Å². The van der Waals surface area contributed by atoms with Crippen LogP contribution in [0.5, 0.6) is 0 Å². The lowest BCUT2D eigenvalue weighted by atomic mass is 10.0. The van der Waals surface area contributed by atoms with E-state index in [1.54, 1.807) is 0 Å². The standard InChI is InChI=1S/C30H31F3N6O5/c31-30(32,33)24-16-36-28(38-26(24)23-15-35-25-14-20(27(40)41)6-7-22(23)25)37-21-8-10-39(17-21)11-13-43-12-9-34-29(42)44-18-19-4-2-1-3-5-19/h1-7,14-16,21,35H,8-13,17-18H2,(H,34,42)(H,40,41)(H,36,37,38)/t21-/m1/s1. The molecular formula is C30H31F3N6O5. The molecule has 1 amide bonds. The van der Waals surface area contributed by atoms with E-state index in [0.717, 1.165) is 24.7 Å². The first-order chi connectivity index (χ1) is 21.2. The Balaban J connectivity index is 1.10. The van der Waals surface area contributed by atoms with Gasteiger partial charge in [-0.25, -0.2) is 19.6 Å². The molecule has 2 aromatic carbocycles. The first kappa shape index (κ1) is 30.8. The number of fused-ring (bicyclic) bond motifs is 1. The number of carboxylic acid groups (broad SMARTS) is 1. The van der Waals surface area contributed by atoms with Crippen LogP contribution in [0.1, 0.15) is 27.9 Å². The fourth-order valence-electron chi connectivity index (χ4n) is 4.95. The Morgan fingerprint density at radius 1 is 1.14 bits per heavy atom.